The summed E-state index contributed by atoms with van der Waals surface area (Å²) >= 11 is 3.26. The van der Waals surface area contributed by atoms with Crippen molar-refractivity contribution in [2.45, 2.75) is 0 Å². The van der Waals surface area contributed by atoms with Gasteiger partial charge < -0.3 is 5.32 Å². The fourth-order valence-corrected chi connectivity index (χ4v) is 1.94. The summed E-state index contributed by atoms with van der Waals surface area (Å²) in [6.07, 6.45) is 0. The molecule has 2 aromatic carbocycles. The highest BCUT2D eigenvalue weighted by Gasteiger charge is 2.17. The summed E-state index contributed by atoms with van der Waals surface area (Å²) in [6, 6.07) is 9.93. The molecule has 102 valence electrons. The van der Waals surface area contributed by atoms with Crippen LogP contribution >= 0.6 is 15.9 Å². The van der Waals surface area contributed by atoms with Crippen molar-refractivity contribution in [1.29, 1.82) is 0 Å². The SMILES string of the molecule is O=C(Nc1ccccc1Br)c1ccc([N+](=O)[O-])c(F)c1. The van der Waals surface area contributed by atoms with E-state index in [1.54, 1.807) is 24.3 Å². The van der Waals surface area contributed by atoms with Crippen LogP contribution in [0.15, 0.2) is 46.9 Å². The predicted octanol–water partition coefficient (Wildman–Crippen LogP) is 3.75. The van der Waals surface area contributed by atoms with Gasteiger partial charge >= 0.3 is 5.69 Å². The number of rotatable bonds is 3. The zero-order valence-corrected chi connectivity index (χ0v) is 11.6. The average Bonchev–Trinajstić information content (AvgIpc) is 2.40. The maximum absolute atomic E-state index is 13.4. The molecule has 0 spiro atoms. The molecular formula is C13H8BrFN2O3. The van der Waals surface area contributed by atoms with Gasteiger partial charge in [0.15, 0.2) is 0 Å². The minimum absolute atomic E-state index is 0.00357. The first kappa shape index (κ1) is 14.1. The Morgan fingerprint density at radius 2 is 1.95 bits per heavy atom. The number of nitro benzene ring substituents is 1. The number of nitrogens with one attached hydrogen (secondary N) is 1. The summed E-state index contributed by atoms with van der Waals surface area (Å²) in [5, 5.41) is 13.1. The number of carbonyl (C=O) groups is 1. The van der Waals surface area contributed by atoms with Crippen LogP contribution in [0.25, 0.3) is 0 Å². The molecule has 20 heavy (non-hydrogen) atoms. The van der Waals surface area contributed by atoms with E-state index in [9.17, 15) is 19.3 Å². The Bertz CT molecular complexity index is 691. The average molecular weight is 339 g/mol. The van der Waals surface area contributed by atoms with Gasteiger partial charge in [0.2, 0.25) is 5.82 Å². The van der Waals surface area contributed by atoms with Crippen molar-refractivity contribution in [1.82, 2.24) is 0 Å². The molecular weight excluding hydrogens is 331 g/mol. The molecule has 5 nitrogen and oxygen atoms in total. The normalized spacial score (nSPS) is 10.1. The van der Waals surface area contributed by atoms with E-state index < -0.39 is 22.3 Å². The molecule has 2 aromatic rings. The van der Waals surface area contributed by atoms with Gasteiger partial charge in [-0.2, -0.15) is 4.39 Å². The first-order chi connectivity index (χ1) is 9.49. The summed E-state index contributed by atoms with van der Waals surface area (Å²) in [7, 11) is 0. The van der Waals surface area contributed by atoms with Gasteiger partial charge in [0, 0.05) is 16.1 Å². The van der Waals surface area contributed by atoms with Crippen LogP contribution in [-0.4, -0.2) is 10.8 Å². The van der Waals surface area contributed by atoms with E-state index in [0.717, 1.165) is 12.1 Å². The van der Waals surface area contributed by atoms with Crippen LogP contribution in [0.1, 0.15) is 10.4 Å². The highest BCUT2D eigenvalue weighted by molar-refractivity contribution is 9.10. The number of anilines is 1. The fourth-order valence-electron chi connectivity index (χ4n) is 1.55. The molecule has 0 aliphatic heterocycles. The second-order valence-electron chi connectivity index (χ2n) is 3.86. The van der Waals surface area contributed by atoms with Gasteiger partial charge in [-0.15, -0.1) is 0 Å². The van der Waals surface area contributed by atoms with Gasteiger partial charge in [-0.1, -0.05) is 12.1 Å². The topological polar surface area (TPSA) is 72.2 Å². The predicted molar refractivity (Wildman–Crippen MR) is 75.1 cm³/mol. The smallest absolute Gasteiger partial charge is 0.304 e. The van der Waals surface area contributed by atoms with Crippen molar-refractivity contribution in [3.05, 3.63) is 68.4 Å². The third-order valence-corrected chi connectivity index (χ3v) is 3.22. The van der Waals surface area contributed by atoms with E-state index in [4.69, 9.17) is 0 Å². The van der Waals surface area contributed by atoms with E-state index in [1.807, 2.05) is 0 Å². The van der Waals surface area contributed by atoms with Gasteiger partial charge in [0.25, 0.3) is 5.91 Å². The van der Waals surface area contributed by atoms with Crippen LogP contribution in [0, 0.1) is 15.9 Å². The van der Waals surface area contributed by atoms with E-state index in [2.05, 4.69) is 21.2 Å². The molecule has 0 aliphatic rings. The number of hydrogen-bond donors (Lipinski definition) is 1. The molecule has 1 N–H and O–H groups in total. The van der Waals surface area contributed by atoms with Crippen LogP contribution in [0.5, 0.6) is 0 Å². The Labute approximate surface area is 121 Å². The van der Waals surface area contributed by atoms with E-state index in [0.29, 0.717) is 10.2 Å². The molecule has 0 fully saturated rings. The number of amides is 1. The Balaban J connectivity index is 2.24. The van der Waals surface area contributed by atoms with Crippen molar-refractivity contribution in [2.75, 3.05) is 5.32 Å². The highest BCUT2D eigenvalue weighted by atomic mass is 79.9. The van der Waals surface area contributed by atoms with Gasteiger partial charge in [0.1, 0.15) is 0 Å². The largest absolute Gasteiger partial charge is 0.321 e. The summed E-state index contributed by atoms with van der Waals surface area (Å²) in [5.74, 6) is -1.60. The van der Waals surface area contributed by atoms with E-state index in [1.165, 1.54) is 6.07 Å². The molecule has 0 bridgehead atoms. The minimum atomic E-state index is -1.05. The van der Waals surface area contributed by atoms with Crippen molar-refractivity contribution in [3.8, 4) is 0 Å². The first-order valence-corrected chi connectivity index (χ1v) is 6.28. The minimum Gasteiger partial charge on any atom is -0.321 e. The Morgan fingerprint density at radius 3 is 2.55 bits per heavy atom. The zero-order valence-electron chi connectivity index (χ0n) is 9.97. The molecule has 0 aromatic heterocycles. The third-order valence-electron chi connectivity index (χ3n) is 2.53. The molecule has 0 unspecified atom stereocenters. The number of halogens is 2. The number of para-hydroxylation sites is 1. The van der Waals surface area contributed by atoms with Crippen molar-refractivity contribution in [3.63, 3.8) is 0 Å². The lowest BCUT2D eigenvalue weighted by molar-refractivity contribution is -0.387. The molecule has 1 amide bonds. The second-order valence-corrected chi connectivity index (χ2v) is 4.71. The van der Waals surface area contributed by atoms with Gasteiger partial charge in [-0.25, -0.2) is 0 Å². The third kappa shape index (κ3) is 3.00. The number of hydrogen-bond acceptors (Lipinski definition) is 3. The van der Waals surface area contributed by atoms with Crippen LogP contribution in [0.3, 0.4) is 0 Å². The van der Waals surface area contributed by atoms with Crippen molar-refractivity contribution < 1.29 is 14.1 Å². The Hall–Kier alpha value is -2.28. The Morgan fingerprint density at radius 1 is 1.25 bits per heavy atom. The molecule has 0 heterocycles. The van der Waals surface area contributed by atoms with Gasteiger partial charge in [0.05, 0.1) is 10.6 Å². The lowest BCUT2D eigenvalue weighted by Crippen LogP contribution is -2.12. The molecule has 0 atom stereocenters. The van der Waals surface area contributed by atoms with Crippen molar-refractivity contribution in [2.24, 2.45) is 0 Å². The number of benzene rings is 2. The maximum atomic E-state index is 13.4. The number of nitrogens with zero attached hydrogens (tertiary/aromatic N) is 1. The van der Waals surface area contributed by atoms with Crippen LogP contribution in [0.2, 0.25) is 0 Å². The zero-order chi connectivity index (χ0) is 14.7. The molecule has 7 heteroatoms. The lowest BCUT2D eigenvalue weighted by atomic mass is 10.2. The second kappa shape index (κ2) is 5.79. The van der Waals surface area contributed by atoms with Gasteiger partial charge in [-0.05, 0) is 40.2 Å². The number of carbonyl (C=O) groups excluding carboxylic acids is 1. The lowest BCUT2D eigenvalue weighted by Gasteiger charge is -2.07. The van der Waals surface area contributed by atoms with Crippen LogP contribution in [-0.2, 0) is 0 Å². The number of nitro groups is 1. The van der Waals surface area contributed by atoms with Gasteiger partial charge in [-0.3, -0.25) is 14.9 Å². The summed E-state index contributed by atoms with van der Waals surface area (Å²) in [6.45, 7) is 0. The monoisotopic (exact) mass is 338 g/mol. The summed E-state index contributed by atoms with van der Waals surface area (Å²) in [5.41, 5.74) is -0.137. The van der Waals surface area contributed by atoms with Crippen LogP contribution in [0.4, 0.5) is 15.8 Å². The first-order valence-electron chi connectivity index (χ1n) is 5.49. The molecule has 0 radical (unpaired) electrons. The quantitative estimate of drug-likeness (QED) is 0.684. The Kier molecular flexibility index (Phi) is 4.09. The molecule has 0 saturated heterocycles. The van der Waals surface area contributed by atoms with E-state index >= 15 is 0 Å². The van der Waals surface area contributed by atoms with Crippen molar-refractivity contribution >= 4 is 33.2 Å². The summed E-state index contributed by atoms with van der Waals surface area (Å²) in [4.78, 5) is 21.6. The van der Waals surface area contributed by atoms with Crippen LogP contribution < -0.4 is 5.32 Å². The fraction of sp³-hybridized carbons (Fsp3) is 0. The van der Waals surface area contributed by atoms with E-state index in [-0.39, 0.29) is 5.56 Å². The standard InChI is InChI=1S/C13H8BrFN2O3/c14-9-3-1-2-4-11(9)16-13(18)8-5-6-12(17(19)20)10(15)7-8/h1-7H,(H,16,18). The maximum Gasteiger partial charge on any atom is 0.304 e. The molecule has 2 rings (SSSR count). The molecule has 0 saturated carbocycles. The summed E-state index contributed by atoms with van der Waals surface area (Å²) < 4.78 is 14.1. The molecule has 0 aliphatic carbocycles. The highest BCUT2D eigenvalue weighted by Crippen LogP contribution is 2.23.